The Morgan fingerprint density at radius 2 is 1.79 bits per heavy atom. The van der Waals surface area contributed by atoms with Crippen LogP contribution in [0.15, 0.2) is 29.5 Å². The molecule has 0 radical (unpaired) electrons. The van der Waals surface area contributed by atoms with Gasteiger partial charge in [-0.15, -0.1) is 0 Å². The number of hydrogen-bond acceptors (Lipinski definition) is 9. The Balaban J connectivity index is 0.000000588. The lowest BCUT2D eigenvalue weighted by Gasteiger charge is -2.37. The highest BCUT2D eigenvalue weighted by molar-refractivity contribution is 7.85. The molecule has 2 N–H and O–H groups in total. The number of aliphatic imine (C=N–C) groups is 1. The number of hydrogen-bond donors (Lipinski definition) is 2. The van der Waals surface area contributed by atoms with E-state index < -0.39 is 10.1 Å². The fourth-order valence-corrected chi connectivity index (χ4v) is 4.28. The van der Waals surface area contributed by atoms with Crippen LogP contribution in [0.5, 0.6) is 11.5 Å². The molecule has 0 amide bonds. The third-order valence-electron chi connectivity index (χ3n) is 5.68. The van der Waals surface area contributed by atoms with Gasteiger partial charge in [0.1, 0.15) is 0 Å². The summed E-state index contributed by atoms with van der Waals surface area (Å²) in [6.07, 6.45) is 6.42. The summed E-state index contributed by atoms with van der Waals surface area (Å²) in [7, 11) is 1.81. The van der Waals surface area contributed by atoms with Gasteiger partial charge in [0.15, 0.2) is 11.5 Å². The highest BCUT2D eigenvalue weighted by Gasteiger charge is 2.37. The average Bonchev–Trinajstić information content (AvgIpc) is 2.77. The molecule has 3 atom stereocenters. The van der Waals surface area contributed by atoms with Gasteiger partial charge in [-0.3, -0.25) is 9.55 Å². The van der Waals surface area contributed by atoms with Crippen LogP contribution in [0.1, 0.15) is 48.8 Å². The van der Waals surface area contributed by atoms with Gasteiger partial charge >= 0.3 is 0 Å². The molecule has 2 heterocycles. The van der Waals surface area contributed by atoms with Crippen molar-refractivity contribution < 1.29 is 27.6 Å². The average molecular weight is 493 g/mol. The van der Waals surface area contributed by atoms with Crippen LogP contribution < -0.4 is 14.4 Å². The quantitative estimate of drug-likeness (QED) is 0.603. The lowest BCUT2D eigenvalue weighted by atomic mass is 9.74. The normalized spacial score (nSPS) is 21.3. The number of benzene rings is 1. The van der Waals surface area contributed by atoms with Crippen molar-refractivity contribution in [2.45, 2.75) is 44.2 Å². The molecule has 0 spiro atoms. The Labute approximate surface area is 200 Å². The molecule has 1 aromatic heterocycles. The summed E-state index contributed by atoms with van der Waals surface area (Å²) >= 11 is 0. The number of aromatic nitrogens is 2. The lowest BCUT2D eigenvalue weighted by Crippen LogP contribution is -2.34. The molecule has 2 aromatic rings. The van der Waals surface area contributed by atoms with E-state index in [2.05, 4.69) is 16.0 Å². The predicted molar refractivity (Wildman–Crippen MR) is 130 cm³/mol. The second-order valence-corrected chi connectivity index (χ2v) is 10.0. The molecule has 0 saturated heterocycles. The molecule has 1 saturated carbocycles. The number of fused-ring (bicyclic) bond motifs is 3. The highest BCUT2D eigenvalue weighted by atomic mass is 32.2. The number of nitrogens with zero attached hydrogens (tertiary/aromatic N) is 4. The molecular weight excluding hydrogens is 460 g/mol. The molecule has 1 aliphatic carbocycles. The van der Waals surface area contributed by atoms with Crippen LogP contribution in [0.3, 0.4) is 0 Å². The molecule has 186 valence electrons. The highest BCUT2D eigenvalue weighted by Crippen LogP contribution is 2.44. The minimum absolute atomic E-state index is 0.136. The Hall–Kier alpha value is -2.76. The van der Waals surface area contributed by atoms with Crippen molar-refractivity contribution in [1.29, 1.82) is 0 Å². The molecule has 1 aliphatic heterocycles. The maximum atomic E-state index is 10.3. The first kappa shape index (κ1) is 25.9. The van der Waals surface area contributed by atoms with E-state index in [-0.39, 0.29) is 18.1 Å². The number of anilines is 1. The molecular formula is C23H32N4O6S. The van der Waals surface area contributed by atoms with Gasteiger partial charge in [-0.05, 0) is 43.9 Å². The van der Waals surface area contributed by atoms with E-state index in [1.54, 1.807) is 7.11 Å². The van der Waals surface area contributed by atoms with Crippen molar-refractivity contribution in [1.82, 2.24) is 9.97 Å². The van der Waals surface area contributed by atoms with Crippen LogP contribution in [-0.2, 0) is 10.1 Å². The van der Waals surface area contributed by atoms with Crippen molar-refractivity contribution >= 4 is 21.8 Å². The second-order valence-electron chi connectivity index (χ2n) is 8.54. The Morgan fingerprint density at radius 3 is 2.35 bits per heavy atom. The third-order valence-corrected chi connectivity index (χ3v) is 5.68. The lowest BCUT2D eigenvalue weighted by molar-refractivity contribution is 0.111. The van der Waals surface area contributed by atoms with Gasteiger partial charge in [0.2, 0.25) is 5.95 Å². The molecule has 1 aromatic carbocycles. The van der Waals surface area contributed by atoms with Crippen LogP contribution in [0, 0.1) is 0 Å². The summed E-state index contributed by atoms with van der Waals surface area (Å²) < 4.78 is 37.3. The maximum absolute atomic E-state index is 10.3. The zero-order valence-corrected chi connectivity index (χ0v) is 20.9. The number of aliphatic hydroxyl groups is 1. The zero-order valence-electron chi connectivity index (χ0n) is 20.1. The molecule has 34 heavy (non-hydrogen) atoms. The summed E-state index contributed by atoms with van der Waals surface area (Å²) in [5, 5.41) is 10.3. The van der Waals surface area contributed by atoms with Crippen molar-refractivity contribution in [3.63, 3.8) is 0 Å². The fourth-order valence-electron chi connectivity index (χ4n) is 4.28. The summed E-state index contributed by atoms with van der Waals surface area (Å²) in [6, 6.07) is 4.20. The number of methoxy groups -OCH3 is 1. The topological polar surface area (TPSA) is 134 Å². The SMILES string of the molecule is CCOc1cc2c(cc1OC)C(c1cnc(N(C)C)nc1)=N[C@@H]1CC[C@@H](O)C[C@H]21.CS(=O)(=O)O. The standard InChI is InChI=1S/C22H28N4O3.CH4O3S/c1-5-29-20-9-15-16-8-14(27)6-7-18(16)25-21(17(15)10-19(20)28-4)13-11-23-22(24-12-13)26(2)3;1-5(2,3)4/h9-12,14,16,18,27H,5-8H2,1-4H3;1H3,(H,2,3,4)/t14-,16-,18-;/m1./s1. The van der Waals surface area contributed by atoms with Crippen molar-refractivity contribution in [3.8, 4) is 11.5 Å². The van der Waals surface area contributed by atoms with E-state index in [0.717, 1.165) is 41.0 Å². The van der Waals surface area contributed by atoms with Gasteiger partial charge in [0.05, 0.1) is 37.8 Å². The van der Waals surface area contributed by atoms with E-state index in [9.17, 15) is 13.5 Å². The molecule has 0 unspecified atom stereocenters. The van der Waals surface area contributed by atoms with Crippen molar-refractivity contribution in [2.24, 2.45) is 4.99 Å². The number of rotatable bonds is 5. The smallest absolute Gasteiger partial charge is 0.261 e. The molecule has 4 rings (SSSR count). The molecule has 2 aliphatic rings. The van der Waals surface area contributed by atoms with Crippen LogP contribution in [0.4, 0.5) is 5.95 Å². The summed E-state index contributed by atoms with van der Waals surface area (Å²) in [6.45, 7) is 2.52. The van der Waals surface area contributed by atoms with Gasteiger partial charge in [0.25, 0.3) is 10.1 Å². The zero-order chi connectivity index (χ0) is 25.0. The van der Waals surface area contributed by atoms with Crippen LogP contribution in [0.2, 0.25) is 0 Å². The predicted octanol–water partition coefficient (Wildman–Crippen LogP) is 2.30. The Kier molecular flexibility index (Phi) is 8.11. The van der Waals surface area contributed by atoms with Crippen molar-refractivity contribution in [2.75, 3.05) is 39.0 Å². The summed E-state index contributed by atoms with van der Waals surface area (Å²) in [5.74, 6) is 2.24. The monoisotopic (exact) mass is 492 g/mol. The minimum Gasteiger partial charge on any atom is -0.493 e. The Morgan fingerprint density at radius 1 is 1.15 bits per heavy atom. The Bertz CT molecular complexity index is 1130. The van der Waals surface area contributed by atoms with Crippen LogP contribution >= 0.6 is 0 Å². The molecule has 11 heteroatoms. The largest absolute Gasteiger partial charge is 0.493 e. The van der Waals surface area contributed by atoms with E-state index >= 15 is 0 Å². The first-order valence-electron chi connectivity index (χ1n) is 11.0. The summed E-state index contributed by atoms with van der Waals surface area (Å²) in [4.78, 5) is 15.9. The van der Waals surface area contributed by atoms with Crippen LogP contribution in [-0.4, -0.2) is 80.0 Å². The first-order valence-corrected chi connectivity index (χ1v) is 12.9. The maximum Gasteiger partial charge on any atom is 0.261 e. The van der Waals surface area contributed by atoms with E-state index in [1.807, 2.05) is 44.4 Å². The third kappa shape index (κ3) is 6.22. The van der Waals surface area contributed by atoms with E-state index in [1.165, 1.54) is 0 Å². The van der Waals surface area contributed by atoms with Crippen molar-refractivity contribution in [3.05, 3.63) is 41.2 Å². The second kappa shape index (κ2) is 10.7. The van der Waals surface area contributed by atoms with Gasteiger partial charge in [0, 0.05) is 43.5 Å². The number of ether oxygens (including phenoxy) is 2. The van der Waals surface area contributed by atoms with Gasteiger partial charge < -0.3 is 19.5 Å². The minimum atomic E-state index is -3.67. The molecule has 1 fully saturated rings. The van der Waals surface area contributed by atoms with Gasteiger partial charge in [-0.1, -0.05) is 0 Å². The first-order chi connectivity index (χ1) is 16.0. The number of aliphatic hydroxyl groups excluding tert-OH is 1. The van der Waals surface area contributed by atoms with Gasteiger partial charge in [-0.2, -0.15) is 8.42 Å². The summed E-state index contributed by atoms with van der Waals surface area (Å²) in [5.41, 5.74) is 3.92. The molecule has 0 bridgehead atoms. The van der Waals surface area contributed by atoms with Gasteiger partial charge in [-0.25, -0.2) is 9.97 Å². The van der Waals surface area contributed by atoms with Crippen LogP contribution in [0.25, 0.3) is 0 Å². The van der Waals surface area contributed by atoms with E-state index in [4.69, 9.17) is 19.0 Å². The van der Waals surface area contributed by atoms with E-state index in [0.29, 0.717) is 31.0 Å². The fraction of sp³-hybridized carbons (Fsp3) is 0.522. The molecule has 10 nitrogen and oxygen atoms in total.